The number of nitrogens with zero attached hydrogens (tertiary/aromatic N) is 3. The number of nitrogens with one attached hydrogen (secondary N) is 1. The van der Waals surface area contributed by atoms with E-state index in [9.17, 15) is 9.90 Å². The van der Waals surface area contributed by atoms with Crippen LogP contribution in [-0.2, 0) is 12.8 Å². The molecule has 2 N–H and O–H groups in total. The third-order valence-corrected chi connectivity index (χ3v) is 4.96. The van der Waals surface area contributed by atoms with Crippen LogP contribution in [0.15, 0.2) is 18.5 Å². The van der Waals surface area contributed by atoms with E-state index >= 15 is 0 Å². The number of H-pyrrole nitrogens is 1. The lowest BCUT2D eigenvalue weighted by atomic mass is 9.95. The minimum atomic E-state index is -0.879. The van der Waals surface area contributed by atoms with Gasteiger partial charge in [-0.05, 0) is 43.7 Å². The highest BCUT2D eigenvalue weighted by Crippen LogP contribution is 2.32. The molecular formula is C17H20N4O2. The number of carbonyl (C=O) groups is 1. The Labute approximate surface area is 134 Å². The van der Waals surface area contributed by atoms with E-state index < -0.39 is 5.97 Å². The number of pyridine rings is 1. The monoisotopic (exact) mass is 312 g/mol. The smallest absolute Gasteiger partial charge is 0.339 e. The Morgan fingerprint density at radius 3 is 2.83 bits per heavy atom. The lowest BCUT2D eigenvalue weighted by Gasteiger charge is -2.33. The summed E-state index contributed by atoms with van der Waals surface area (Å²) in [4.78, 5) is 26.0. The average Bonchev–Trinajstić information content (AvgIpc) is 3.25. The first kappa shape index (κ1) is 14.2. The molecule has 0 saturated carbocycles. The first-order chi connectivity index (χ1) is 11.2. The van der Waals surface area contributed by atoms with Gasteiger partial charge in [0.1, 0.15) is 17.2 Å². The second-order valence-electron chi connectivity index (χ2n) is 6.36. The number of aromatic amines is 1. The molecule has 2 aliphatic rings. The fraction of sp³-hybridized carbons (Fsp3) is 0.471. The van der Waals surface area contributed by atoms with Crippen molar-refractivity contribution in [2.45, 2.75) is 38.0 Å². The Kier molecular flexibility index (Phi) is 3.52. The van der Waals surface area contributed by atoms with Gasteiger partial charge >= 0.3 is 5.97 Å². The van der Waals surface area contributed by atoms with E-state index in [1.165, 1.54) is 0 Å². The van der Waals surface area contributed by atoms with Crippen molar-refractivity contribution in [2.75, 3.05) is 18.0 Å². The van der Waals surface area contributed by atoms with Gasteiger partial charge < -0.3 is 15.0 Å². The Morgan fingerprint density at radius 1 is 1.30 bits per heavy atom. The Balaban J connectivity index is 1.58. The quantitative estimate of drug-likeness (QED) is 0.909. The van der Waals surface area contributed by atoms with Gasteiger partial charge in [-0.2, -0.15) is 0 Å². The second-order valence-corrected chi connectivity index (χ2v) is 6.36. The van der Waals surface area contributed by atoms with E-state index in [1.54, 1.807) is 6.20 Å². The summed E-state index contributed by atoms with van der Waals surface area (Å²) < 4.78 is 0. The maximum atomic E-state index is 11.6. The van der Waals surface area contributed by atoms with Gasteiger partial charge in [0.05, 0.1) is 0 Å². The summed E-state index contributed by atoms with van der Waals surface area (Å²) in [6.45, 7) is 1.63. The number of rotatable bonds is 3. The van der Waals surface area contributed by atoms with Crippen LogP contribution in [0.25, 0.3) is 0 Å². The molecule has 0 spiro atoms. The molecule has 0 aromatic carbocycles. The number of aromatic carboxylic acids is 1. The van der Waals surface area contributed by atoms with Crippen molar-refractivity contribution >= 4 is 11.8 Å². The van der Waals surface area contributed by atoms with Gasteiger partial charge in [0, 0.05) is 37.1 Å². The van der Waals surface area contributed by atoms with Crippen molar-refractivity contribution in [3.05, 3.63) is 41.1 Å². The summed E-state index contributed by atoms with van der Waals surface area (Å²) in [6, 6.07) is 1.84. The number of hydrogen-bond donors (Lipinski definition) is 2. The van der Waals surface area contributed by atoms with Gasteiger partial charge in [-0.25, -0.2) is 14.8 Å². The van der Waals surface area contributed by atoms with Crippen LogP contribution in [0.5, 0.6) is 0 Å². The number of anilines is 1. The molecule has 6 nitrogen and oxygen atoms in total. The summed E-state index contributed by atoms with van der Waals surface area (Å²) in [5.41, 5.74) is 2.54. The van der Waals surface area contributed by atoms with E-state index in [-0.39, 0.29) is 0 Å². The average molecular weight is 312 g/mol. The number of hydrogen-bond acceptors (Lipinski definition) is 4. The number of fused-ring (bicyclic) bond motifs is 1. The van der Waals surface area contributed by atoms with Crippen LogP contribution in [0.4, 0.5) is 5.82 Å². The third-order valence-electron chi connectivity index (χ3n) is 4.96. The van der Waals surface area contributed by atoms with Crippen LogP contribution in [0.1, 0.15) is 52.6 Å². The SMILES string of the molecule is O=C(O)c1cc2c(nc1N1CCC(c3ncc[nH]3)CC1)CCC2. The van der Waals surface area contributed by atoms with E-state index in [2.05, 4.69) is 14.9 Å². The van der Waals surface area contributed by atoms with E-state index in [4.69, 9.17) is 4.98 Å². The molecule has 0 bridgehead atoms. The predicted molar refractivity (Wildman–Crippen MR) is 86.0 cm³/mol. The molecule has 120 valence electrons. The van der Waals surface area contributed by atoms with Gasteiger partial charge in [0.25, 0.3) is 0 Å². The second kappa shape index (κ2) is 5.68. The number of imidazole rings is 1. The minimum Gasteiger partial charge on any atom is -0.478 e. The molecule has 0 unspecified atom stereocenters. The van der Waals surface area contributed by atoms with Crippen LogP contribution < -0.4 is 4.90 Å². The van der Waals surface area contributed by atoms with Crippen molar-refractivity contribution in [3.63, 3.8) is 0 Å². The maximum Gasteiger partial charge on any atom is 0.339 e. The molecule has 2 aromatic heterocycles. The lowest BCUT2D eigenvalue weighted by molar-refractivity contribution is 0.0697. The van der Waals surface area contributed by atoms with Gasteiger partial charge in [-0.3, -0.25) is 0 Å². The van der Waals surface area contributed by atoms with Crippen LogP contribution in [0.2, 0.25) is 0 Å². The normalized spacial score (nSPS) is 18.2. The van der Waals surface area contributed by atoms with Gasteiger partial charge in [0.2, 0.25) is 0 Å². The molecular weight excluding hydrogens is 292 g/mol. The van der Waals surface area contributed by atoms with Crippen molar-refractivity contribution in [1.82, 2.24) is 15.0 Å². The summed E-state index contributed by atoms with van der Waals surface area (Å²) in [7, 11) is 0. The molecule has 23 heavy (non-hydrogen) atoms. The van der Waals surface area contributed by atoms with Crippen LogP contribution in [-0.4, -0.2) is 39.1 Å². The van der Waals surface area contributed by atoms with E-state index in [0.717, 1.165) is 62.3 Å². The summed E-state index contributed by atoms with van der Waals surface area (Å²) in [5, 5.41) is 9.55. The molecule has 6 heteroatoms. The van der Waals surface area contributed by atoms with Crippen molar-refractivity contribution in [1.29, 1.82) is 0 Å². The minimum absolute atomic E-state index is 0.349. The molecule has 1 fully saturated rings. The summed E-state index contributed by atoms with van der Waals surface area (Å²) in [6.07, 6.45) is 8.55. The van der Waals surface area contributed by atoms with Gasteiger partial charge in [-0.1, -0.05) is 0 Å². The number of piperidine rings is 1. The zero-order valence-electron chi connectivity index (χ0n) is 13.0. The molecule has 3 heterocycles. The Morgan fingerprint density at radius 2 is 2.13 bits per heavy atom. The highest BCUT2D eigenvalue weighted by molar-refractivity contribution is 5.93. The highest BCUT2D eigenvalue weighted by Gasteiger charge is 2.27. The number of aryl methyl sites for hydroxylation is 2. The molecule has 0 amide bonds. The molecule has 4 rings (SSSR count). The van der Waals surface area contributed by atoms with E-state index in [1.807, 2.05) is 12.3 Å². The summed E-state index contributed by atoms with van der Waals surface area (Å²) >= 11 is 0. The first-order valence-corrected chi connectivity index (χ1v) is 8.22. The standard InChI is InChI=1S/C17H20N4O2/c22-17(23)13-10-12-2-1-3-14(12)20-16(13)21-8-4-11(5-9-21)15-18-6-7-19-15/h6-7,10-11H,1-5,8-9H2,(H,18,19)(H,22,23). The Bertz CT molecular complexity index is 718. The largest absolute Gasteiger partial charge is 0.478 e. The van der Waals surface area contributed by atoms with Crippen molar-refractivity contribution in [3.8, 4) is 0 Å². The molecule has 1 aliphatic carbocycles. The van der Waals surface area contributed by atoms with Gasteiger partial charge in [0.15, 0.2) is 0 Å². The molecule has 0 radical (unpaired) electrons. The highest BCUT2D eigenvalue weighted by atomic mass is 16.4. The van der Waals surface area contributed by atoms with Crippen LogP contribution >= 0.6 is 0 Å². The predicted octanol–water partition coefficient (Wildman–Crippen LogP) is 2.38. The van der Waals surface area contributed by atoms with Crippen molar-refractivity contribution in [2.24, 2.45) is 0 Å². The maximum absolute atomic E-state index is 11.6. The van der Waals surface area contributed by atoms with Crippen LogP contribution in [0, 0.1) is 0 Å². The molecule has 1 saturated heterocycles. The first-order valence-electron chi connectivity index (χ1n) is 8.22. The third kappa shape index (κ3) is 2.58. The van der Waals surface area contributed by atoms with Crippen LogP contribution in [0.3, 0.4) is 0 Å². The Hall–Kier alpha value is -2.37. The zero-order chi connectivity index (χ0) is 15.8. The number of aromatic nitrogens is 3. The number of carboxylic acid groups (broad SMARTS) is 1. The fourth-order valence-corrected chi connectivity index (χ4v) is 3.73. The zero-order valence-corrected chi connectivity index (χ0v) is 13.0. The topological polar surface area (TPSA) is 82.1 Å². The fourth-order valence-electron chi connectivity index (χ4n) is 3.73. The number of carboxylic acids is 1. The molecule has 2 aromatic rings. The lowest BCUT2D eigenvalue weighted by Crippen LogP contribution is -2.35. The molecule has 0 atom stereocenters. The van der Waals surface area contributed by atoms with Gasteiger partial charge in [-0.15, -0.1) is 0 Å². The molecule has 1 aliphatic heterocycles. The summed E-state index contributed by atoms with van der Waals surface area (Å²) in [5.74, 6) is 1.22. The van der Waals surface area contributed by atoms with E-state index in [0.29, 0.717) is 17.3 Å². The van der Waals surface area contributed by atoms with Crippen molar-refractivity contribution < 1.29 is 9.90 Å².